The Balaban J connectivity index is 3.30. The third kappa shape index (κ3) is 12.8. The third-order valence-electron chi connectivity index (χ3n) is 1.84. The second-order valence-corrected chi connectivity index (χ2v) is 4.89. The summed E-state index contributed by atoms with van der Waals surface area (Å²) in [6, 6.07) is 0. The molecule has 0 bridgehead atoms. The first-order chi connectivity index (χ1) is 8.31. The highest BCUT2D eigenvalue weighted by Gasteiger charge is 2.15. The number of carbonyl (C=O) groups excluding carboxylic acids is 1. The molecule has 0 aromatic rings. The molecule has 106 valence electrons. The van der Waals surface area contributed by atoms with Crippen LogP contribution < -0.4 is 5.32 Å². The summed E-state index contributed by atoms with van der Waals surface area (Å²) in [6.07, 6.45) is 1.02. The lowest BCUT2D eigenvalue weighted by molar-refractivity contribution is -0.137. The van der Waals surface area contributed by atoms with Crippen molar-refractivity contribution in [2.75, 3.05) is 19.8 Å². The molecule has 0 aromatic carbocycles. The summed E-state index contributed by atoms with van der Waals surface area (Å²) in [7, 11) is 0. The summed E-state index contributed by atoms with van der Waals surface area (Å²) in [6.45, 7) is 6.67. The van der Waals surface area contributed by atoms with Crippen LogP contribution in [-0.4, -0.2) is 42.5 Å². The standard InChI is InChI=1S/C12H23NO5/c1-12(2,3)18-11(16)13-7-9-17-8-5-4-6-10(14)15/h4-9H2,1-3H3,(H,13,16)(H,14,15). The molecule has 2 N–H and O–H groups in total. The summed E-state index contributed by atoms with van der Waals surface area (Å²) >= 11 is 0. The fourth-order valence-corrected chi connectivity index (χ4v) is 1.12. The quantitative estimate of drug-likeness (QED) is 0.651. The van der Waals surface area contributed by atoms with Gasteiger partial charge < -0.3 is 19.9 Å². The summed E-state index contributed by atoms with van der Waals surface area (Å²) in [5.74, 6) is -0.790. The average molecular weight is 261 g/mol. The van der Waals surface area contributed by atoms with Gasteiger partial charge >= 0.3 is 12.1 Å². The summed E-state index contributed by atoms with van der Waals surface area (Å²) in [4.78, 5) is 21.4. The molecule has 0 fully saturated rings. The zero-order valence-electron chi connectivity index (χ0n) is 11.3. The molecule has 6 heteroatoms. The van der Waals surface area contributed by atoms with Crippen LogP contribution in [0.25, 0.3) is 0 Å². The molecule has 0 heterocycles. The topological polar surface area (TPSA) is 84.9 Å². The predicted molar refractivity (Wildman–Crippen MR) is 66.5 cm³/mol. The van der Waals surface area contributed by atoms with Gasteiger partial charge in [0.2, 0.25) is 0 Å². The Morgan fingerprint density at radius 3 is 2.39 bits per heavy atom. The molecule has 0 radical (unpaired) electrons. The number of hydrogen-bond donors (Lipinski definition) is 2. The van der Waals surface area contributed by atoms with Crippen molar-refractivity contribution in [1.82, 2.24) is 5.32 Å². The Labute approximate surface area is 108 Å². The van der Waals surface area contributed by atoms with E-state index < -0.39 is 17.7 Å². The molecule has 0 aromatic heterocycles. The highest BCUT2D eigenvalue weighted by atomic mass is 16.6. The fraction of sp³-hybridized carbons (Fsp3) is 0.833. The first-order valence-corrected chi connectivity index (χ1v) is 6.07. The molecule has 0 saturated heterocycles. The highest BCUT2D eigenvalue weighted by Crippen LogP contribution is 2.06. The molecule has 6 nitrogen and oxygen atoms in total. The molecule has 18 heavy (non-hydrogen) atoms. The molecule has 0 unspecified atom stereocenters. The van der Waals surface area contributed by atoms with Gasteiger partial charge in [-0.1, -0.05) is 0 Å². The first-order valence-electron chi connectivity index (χ1n) is 6.07. The molecule has 0 aliphatic heterocycles. The summed E-state index contributed by atoms with van der Waals surface area (Å²) < 4.78 is 10.3. The van der Waals surface area contributed by atoms with Gasteiger partial charge in [0.05, 0.1) is 6.61 Å². The largest absolute Gasteiger partial charge is 0.481 e. The van der Waals surface area contributed by atoms with E-state index >= 15 is 0 Å². The molecule has 1 amide bonds. The van der Waals surface area contributed by atoms with Crippen molar-refractivity contribution in [3.63, 3.8) is 0 Å². The number of ether oxygens (including phenoxy) is 2. The minimum absolute atomic E-state index is 0.166. The van der Waals surface area contributed by atoms with E-state index in [0.717, 1.165) is 0 Å². The number of alkyl carbamates (subject to hydrolysis) is 1. The van der Waals surface area contributed by atoms with Crippen molar-refractivity contribution in [1.29, 1.82) is 0 Å². The minimum atomic E-state index is -0.790. The Kier molecular flexibility index (Phi) is 8.11. The van der Waals surface area contributed by atoms with Crippen LogP contribution in [0.15, 0.2) is 0 Å². The SMILES string of the molecule is CC(C)(C)OC(=O)NCCOCCCCC(=O)O. The first kappa shape index (κ1) is 16.7. The smallest absolute Gasteiger partial charge is 0.407 e. The number of unbranched alkanes of at least 4 members (excludes halogenated alkanes) is 1. The zero-order chi connectivity index (χ0) is 14.0. The number of nitrogens with one attached hydrogen (secondary N) is 1. The van der Waals surface area contributed by atoms with Crippen LogP contribution in [0.4, 0.5) is 4.79 Å². The molecule has 0 spiro atoms. The van der Waals surface area contributed by atoms with Gasteiger partial charge in [0.25, 0.3) is 0 Å². The molecule has 0 atom stereocenters. The van der Waals surface area contributed by atoms with Gasteiger partial charge in [-0.3, -0.25) is 4.79 Å². The maximum atomic E-state index is 11.2. The van der Waals surface area contributed by atoms with Gasteiger partial charge in [0.15, 0.2) is 0 Å². The number of hydrogen-bond acceptors (Lipinski definition) is 4. The average Bonchev–Trinajstić information content (AvgIpc) is 2.18. The zero-order valence-corrected chi connectivity index (χ0v) is 11.3. The molecule has 0 rings (SSSR count). The second kappa shape index (κ2) is 8.74. The van der Waals surface area contributed by atoms with E-state index in [-0.39, 0.29) is 6.42 Å². The maximum Gasteiger partial charge on any atom is 0.407 e. The summed E-state index contributed by atoms with van der Waals surface area (Å²) in [5.41, 5.74) is -0.498. The molecule has 0 aliphatic rings. The van der Waals surface area contributed by atoms with Gasteiger partial charge in [0, 0.05) is 19.6 Å². The third-order valence-corrected chi connectivity index (χ3v) is 1.84. The maximum absolute atomic E-state index is 11.2. The van der Waals surface area contributed by atoms with Gasteiger partial charge in [-0.05, 0) is 33.6 Å². The monoisotopic (exact) mass is 261 g/mol. The van der Waals surface area contributed by atoms with Crippen LogP contribution in [0.5, 0.6) is 0 Å². The van der Waals surface area contributed by atoms with Crippen LogP contribution in [0.2, 0.25) is 0 Å². The number of aliphatic carboxylic acids is 1. The van der Waals surface area contributed by atoms with Crippen molar-refractivity contribution in [2.24, 2.45) is 0 Å². The lowest BCUT2D eigenvalue weighted by Gasteiger charge is -2.19. The van der Waals surface area contributed by atoms with E-state index in [2.05, 4.69) is 5.32 Å². The minimum Gasteiger partial charge on any atom is -0.481 e. The van der Waals surface area contributed by atoms with Gasteiger partial charge in [-0.15, -0.1) is 0 Å². The molecular weight excluding hydrogens is 238 g/mol. The Bertz CT molecular complexity index is 260. The molecule has 0 saturated carbocycles. The predicted octanol–water partition coefficient (Wildman–Crippen LogP) is 1.78. The van der Waals surface area contributed by atoms with Crippen molar-refractivity contribution < 1.29 is 24.2 Å². The number of rotatable bonds is 8. The van der Waals surface area contributed by atoms with Crippen LogP contribution in [0.3, 0.4) is 0 Å². The van der Waals surface area contributed by atoms with E-state index in [9.17, 15) is 9.59 Å². The lowest BCUT2D eigenvalue weighted by atomic mass is 10.2. The van der Waals surface area contributed by atoms with Crippen molar-refractivity contribution in [2.45, 2.75) is 45.6 Å². The second-order valence-electron chi connectivity index (χ2n) is 4.89. The molecular formula is C12H23NO5. The van der Waals surface area contributed by atoms with Crippen molar-refractivity contribution >= 4 is 12.1 Å². The molecule has 0 aliphatic carbocycles. The fourth-order valence-electron chi connectivity index (χ4n) is 1.12. The number of amides is 1. The van der Waals surface area contributed by atoms with Gasteiger partial charge in [0.1, 0.15) is 5.60 Å². The summed E-state index contributed by atoms with van der Waals surface area (Å²) in [5, 5.41) is 11.0. The Morgan fingerprint density at radius 1 is 1.17 bits per heavy atom. The Morgan fingerprint density at radius 2 is 1.83 bits per heavy atom. The Hall–Kier alpha value is -1.30. The van der Waals surface area contributed by atoms with E-state index in [1.165, 1.54) is 0 Å². The van der Waals surface area contributed by atoms with Crippen molar-refractivity contribution in [3.05, 3.63) is 0 Å². The number of carboxylic acid groups (broad SMARTS) is 1. The number of carbonyl (C=O) groups is 2. The lowest BCUT2D eigenvalue weighted by Crippen LogP contribution is -2.34. The van der Waals surface area contributed by atoms with Gasteiger partial charge in [-0.2, -0.15) is 0 Å². The van der Waals surface area contributed by atoms with E-state index in [1.54, 1.807) is 20.8 Å². The van der Waals surface area contributed by atoms with Gasteiger partial charge in [-0.25, -0.2) is 4.79 Å². The van der Waals surface area contributed by atoms with Crippen LogP contribution in [0, 0.1) is 0 Å². The van der Waals surface area contributed by atoms with Crippen LogP contribution in [-0.2, 0) is 14.3 Å². The van der Waals surface area contributed by atoms with E-state index in [4.69, 9.17) is 14.6 Å². The van der Waals surface area contributed by atoms with Crippen molar-refractivity contribution in [3.8, 4) is 0 Å². The normalized spacial score (nSPS) is 11.1. The van der Waals surface area contributed by atoms with E-state index in [0.29, 0.717) is 32.6 Å². The van der Waals surface area contributed by atoms with E-state index in [1.807, 2.05) is 0 Å². The van der Waals surface area contributed by atoms with Crippen LogP contribution >= 0.6 is 0 Å². The van der Waals surface area contributed by atoms with Crippen LogP contribution in [0.1, 0.15) is 40.0 Å². The number of carboxylic acids is 1. The highest BCUT2D eigenvalue weighted by molar-refractivity contribution is 5.67.